The largest absolute Gasteiger partial charge is 0.497 e. The number of aromatic nitrogens is 1. The lowest BCUT2D eigenvalue weighted by atomic mass is 10.2. The number of rotatable bonds is 2. The zero-order valence-electron chi connectivity index (χ0n) is 10.5. The first-order valence-electron chi connectivity index (χ1n) is 5.78. The lowest BCUT2D eigenvalue weighted by Crippen LogP contribution is -1.89. The third kappa shape index (κ3) is 2.23. The maximum Gasteiger partial charge on any atom is 0.229 e. The highest BCUT2D eigenvalue weighted by Crippen LogP contribution is 2.35. The van der Waals surface area contributed by atoms with Crippen LogP contribution in [0.2, 0.25) is 5.02 Å². The molecule has 3 rings (SSSR count). The molecule has 1 aromatic heterocycles. The van der Waals surface area contributed by atoms with Crippen molar-refractivity contribution in [2.45, 2.75) is 0 Å². The van der Waals surface area contributed by atoms with Gasteiger partial charge in [-0.3, -0.25) is 0 Å². The van der Waals surface area contributed by atoms with E-state index in [-0.39, 0.29) is 0 Å². The Morgan fingerprint density at radius 1 is 1.30 bits per heavy atom. The van der Waals surface area contributed by atoms with E-state index < -0.39 is 0 Å². The Morgan fingerprint density at radius 3 is 2.85 bits per heavy atom. The molecular weight excluding hydrogens is 344 g/mol. The Bertz CT molecular complexity index is 801. The third-order valence-electron chi connectivity index (χ3n) is 2.90. The van der Waals surface area contributed by atoms with E-state index >= 15 is 0 Å². The number of halogens is 2. The Hall–Kier alpha value is -1.72. The second kappa shape index (κ2) is 5.00. The second-order valence-electron chi connectivity index (χ2n) is 4.21. The number of nitrogen functional groups attached to an aromatic ring is 1. The van der Waals surface area contributed by atoms with Crippen LogP contribution in [-0.2, 0) is 0 Å². The van der Waals surface area contributed by atoms with Crippen LogP contribution in [0.25, 0.3) is 22.6 Å². The number of nitrogens with zero attached hydrogens (tertiary/aromatic N) is 1. The predicted octanol–water partition coefficient (Wildman–Crippen LogP) is 4.50. The maximum atomic E-state index is 5.99. The number of hydrogen-bond acceptors (Lipinski definition) is 4. The van der Waals surface area contributed by atoms with Crippen molar-refractivity contribution >= 4 is 44.3 Å². The van der Waals surface area contributed by atoms with Gasteiger partial charge in [0.1, 0.15) is 11.3 Å². The van der Waals surface area contributed by atoms with E-state index in [9.17, 15) is 0 Å². The van der Waals surface area contributed by atoms with Crippen LogP contribution >= 0.6 is 27.5 Å². The molecule has 4 nitrogen and oxygen atoms in total. The number of hydrogen-bond donors (Lipinski definition) is 1. The zero-order chi connectivity index (χ0) is 14.3. The van der Waals surface area contributed by atoms with Crippen molar-refractivity contribution in [1.82, 2.24) is 4.98 Å². The number of oxazole rings is 1. The van der Waals surface area contributed by atoms with Crippen LogP contribution in [0.5, 0.6) is 5.75 Å². The molecular formula is C14H10BrClN2O2. The molecule has 0 aliphatic heterocycles. The third-order valence-corrected chi connectivity index (χ3v) is 3.72. The molecule has 0 bridgehead atoms. The highest BCUT2D eigenvalue weighted by atomic mass is 79.9. The topological polar surface area (TPSA) is 61.3 Å². The number of benzene rings is 2. The standard InChI is InChI=1S/C14H10BrClN2O2/c1-19-8-5-10(15)13-12(6-8)18-14(20-13)9-4-7(16)2-3-11(9)17/h2-6H,17H2,1H3. The van der Waals surface area contributed by atoms with Gasteiger partial charge in [0.25, 0.3) is 0 Å². The average molecular weight is 354 g/mol. The normalized spacial score (nSPS) is 10.9. The van der Waals surface area contributed by atoms with E-state index in [1.54, 1.807) is 31.4 Å². The molecule has 20 heavy (non-hydrogen) atoms. The average Bonchev–Trinajstić information content (AvgIpc) is 2.85. The van der Waals surface area contributed by atoms with E-state index in [4.69, 9.17) is 26.5 Å². The molecule has 0 fully saturated rings. The molecule has 0 aliphatic carbocycles. The van der Waals surface area contributed by atoms with Crippen LogP contribution in [0.15, 0.2) is 39.2 Å². The first kappa shape index (κ1) is 13.3. The van der Waals surface area contributed by atoms with E-state index in [1.807, 2.05) is 6.07 Å². The van der Waals surface area contributed by atoms with Crippen molar-refractivity contribution in [3.05, 3.63) is 39.8 Å². The molecule has 3 aromatic rings. The van der Waals surface area contributed by atoms with Gasteiger partial charge < -0.3 is 14.9 Å². The Morgan fingerprint density at radius 2 is 2.10 bits per heavy atom. The number of methoxy groups -OCH3 is 1. The molecule has 2 N–H and O–H groups in total. The number of anilines is 1. The zero-order valence-corrected chi connectivity index (χ0v) is 12.8. The van der Waals surface area contributed by atoms with E-state index in [1.165, 1.54) is 0 Å². The van der Waals surface area contributed by atoms with Gasteiger partial charge in [-0.2, -0.15) is 0 Å². The van der Waals surface area contributed by atoms with Gasteiger partial charge in [-0.1, -0.05) is 11.6 Å². The fraction of sp³-hybridized carbons (Fsp3) is 0.0714. The summed E-state index contributed by atoms with van der Waals surface area (Å²) in [6.45, 7) is 0. The first-order valence-corrected chi connectivity index (χ1v) is 6.95. The fourth-order valence-electron chi connectivity index (χ4n) is 1.91. The SMILES string of the molecule is COc1cc(Br)c2oc(-c3cc(Cl)ccc3N)nc2c1. The van der Waals surface area contributed by atoms with Crippen LogP contribution in [0, 0.1) is 0 Å². The minimum absolute atomic E-state index is 0.425. The monoisotopic (exact) mass is 352 g/mol. The van der Waals surface area contributed by atoms with Gasteiger partial charge in [0.05, 0.1) is 17.1 Å². The number of fused-ring (bicyclic) bond motifs is 1. The summed E-state index contributed by atoms with van der Waals surface area (Å²) in [6.07, 6.45) is 0. The van der Waals surface area contributed by atoms with Gasteiger partial charge in [0, 0.05) is 16.8 Å². The highest BCUT2D eigenvalue weighted by Gasteiger charge is 2.14. The summed E-state index contributed by atoms with van der Waals surface area (Å²) < 4.78 is 11.7. The van der Waals surface area contributed by atoms with E-state index in [0.29, 0.717) is 39.0 Å². The fourth-order valence-corrected chi connectivity index (χ4v) is 2.60. The van der Waals surface area contributed by atoms with Crippen LogP contribution in [0.4, 0.5) is 5.69 Å². The quantitative estimate of drug-likeness (QED) is 0.689. The summed E-state index contributed by atoms with van der Waals surface area (Å²) in [5.74, 6) is 1.12. The van der Waals surface area contributed by atoms with Crippen molar-refractivity contribution in [1.29, 1.82) is 0 Å². The van der Waals surface area contributed by atoms with E-state index in [0.717, 1.165) is 4.47 Å². The van der Waals surface area contributed by atoms with Gasteiger partial charge in [-0.15, -0.1) is 0 Å². The van der Waals surface area contributed by atoms with Crippen LogP contribution in [0.3, 0.4) is 0 Å². The van der Waals surface area contributed by atoms with Gasteiger partial charge in [-0.25, -0.2) is 4.98 Å². The summed E-state index contributed by atoms with van der Waals surface area (Å²) in [6, 6.07) is 8.79. The Labute approximate surface area is 128 Å². The molecule has 0 atom stereocenters. The van der Waals surface area contributed by atoms with Gasteiger partial charge >= 0.3 is 0 Å². The maximum absolute atomic E-state index is 5.99. The van der Waals surface area contributed by atoms with Crippen molar-refractivity contribution in [2.24, 2.45) is 0 Å². The minimum Gasteiger partial charge on any atom is -0.497 e. The highest BCUT2D eigenvalue weighted by molar-refractivity contribution is 9.10. The molecule has 0 amide bonds. The van der Waals surface area contributed by atoms with Gasteiger partial charge in [-0.05, 0) is 40.2 Å². The lowest BCUT2D eigenvalue weighted by Gasteiger charge is -2.01. The number of nitrogens with two attached hydrogens (primary N) is 1. The molecule has 1 heterocycles. The summed E-state index contributed by atoms with van der Waals surface area (Å²) >= 11 is 9.43. The van der Waals surface area contributed by atoms with Gasteiger partial charge in [0.15, 0.2) is 5.58 Å². The van der Waals surface area contributed by atoms with Crippen molar-refractivity contribution in [2.75, 3.05) is 12.8 Å². The lowest BCUT2D eigenvalue weighted by molar-refractivity contribution is 0.415. The van der Waals surface area contributed by atoms with Crippen LogP contribution in [-0.4, -0.2) is 12.1 Å². The van der Waals surface area contributed by atoms with E-state index in [2.05, 4.69) is 20.9 Å². The minimum atomic E-state index is 0.425. The molecule has 0 radical (unpaired) electrons. The summed E-state index contributed by atoms with van der Waals surface area (Å²) in [5, 5.41) is 0.577. The summed E-state index contributed by atoms with van der Waals surface area (Å²) in [4.78, 5) is 4.44. The smallest absolute Gasteiger partial charge is 0.229 e. The number of ether oxygens (including phenoxy) is 1. The molecule has 102 valence electrons. The predicted molar refractivity (Wildman–Crippen MR) is 83.1 cm³/mol. The molecule has 2 aromatic carbocycles. The summed E-state index contributed by atoms with van der Waals surface area (Å²) in [5.41, 5.74) is 8.49. The van der Waals surface area contributed by atoms with Crippen molar-refractivity contribution < 1.29 is 9.15 Å². The Kier molecular flexibility index (Phi) is 3.31. The Balaban J connectivity index is 2.22. The molecule has 6 heteroatoms. The molecule has 0 saturated heterocycles. The van der Waals surface area contributed by atoms with Gasteiger partial charge in [0.2, 0.25) is 5.89 Å². The molecule has 0 spiro atoms. The van der Waals surface area contributed by atoms with Crippen molar-refractivity contribution in [3.8, 4) is 17.2 Å². The molecule has 0 unspecified atom stereocenters. The van der Waals surface area contributed by atoms with Crippen LogP contribution in [0.1, 0.15) is 0 Å². The van der Waals surface area contributed by atoms with Crippen LogP contribution < -0.4 is 10.5 Å². The molecule has 0 saturated carbocycles. The summed E-state index contributed by atoms with van der Waals surface area (Å²) in [7, 11) is 1.60. The van der Waals surface area contributed by atoms with Crippen molar-refractivity contribution in [3.63, 3.8) is 0 Å². The second-order valence-corrected chi connectivity index (χ2v) is 5.50. The first-order chi connectivity index (χ1) is 9.58. The molecule has 0 aliphatic rings.